The van der Waals surface area contributed by atoms with Gasteiger partial charge in [0.25, 0.3) is 0 Å². The molecule has 0 N–H and O–H groups in total. The maximum Gasteiger partial charge on any atom is 0.160 e. The highest BCUT2D eigenvalue weighted by Crippen LogP contribution is 2.28. The van der Waals surface area contributed by atoms with Crippen molar-refractivity contribution in [1.82, 2.24) is 19.4 Å². The van der Waals surface area contributed by atoms with E-state index in [1.165, 1.54) is 0 Å². The molecule has 1 unspecified atom stereocenters. The van der Waals surface area contributed by atoms with Crippen LogP contribution in [0.3, 0.4) is 0 Å². The van der Waals surface area contributed by atoms with Gasteiger partial charge >= 0.3 is 0 Å². The van der Waals surface area contributed by atoms with E-state index in [4.69, 9.17) is 11.6 Å². The third-order valence-electron chi connectivity index (χ3n) is 3.45. The van der Waals surface area contributed by atoms with Crippen LogP contribution in [0.4, 0.5) is 0 Å². The number of imidazole rings is 1. The van der Waals surface area contributed by atoms with E-state index < -0.39 is 0 Å². The zero-order chi connectivity index (χ0) is 15.8. The highest BCUT2D eigenvalue weighted by Gasteiger charge is 2.24. The number of pyridine rings is 1. The number of nitrogens with zero attached hydrogens (tertiary/aromatic N) is 4. The van der Waals surface area contributed by atoms with Crippen molar-refractivity contribution >= 4 is 22.8 Å². The first-order chi connectivity index (χ1) is 9.69. The molecule has 21 heavy (non-hydrogen) atoms. The molecular weight excluding hydrogens is 284 g/mol. The second-order valence-electron chi connectivity index (χ2n) is 6.87. The highest BCUT2D eigenvalue weighted by molar-refractivity contribution is 6.20. The monoisotopic (exact) mass is 308 g/mol. The molecule has 0 aromatic carbocycles. The molecule has 4 nitrogen and oxygen atoms in total. The topological polar surface area (TPSA) is 34.0 Å². The second kappa shape index (κ2) is 5.93. The van der Waals surface area contributed by atoms with Crippen molar-refractivity contribution < 1.29 is 0 Å². The smallest absolute Gasteiger partial charge is 0.160 e. The summed E-state index contributed by atoms with van der Waals surface area (Å²) in [6.07, 6.45) is 0. The van der Waals surface area contributed by atoms with Crippen molar-refractivity contribution in [3.8, 4) is 0 Å². The summed E-state index contributed by atoms with van der Waals surface area (Å²) in [6, 6.07) is 4.02. The van der Waals surface area contributed by atoms with Gasteiger partial charge in [0.05, 0.1) is 5.38 Å². The van der Waals surface area contributed by atoms with E-state index in [1.807, 2.05) is 26.0 Å². The molecule has 0 radical (unpaired) electrons. The van der Waals surface area contributed by atoms with Gasteiger partial charge in [-0.15, -0.1) is 11.6 Å². The Bertz CT molecular complexity index is 628. The van der Waals surface area contributed by atoms with Gasteiger partial charge in [0.15, 0.2) is 5.65 Å². The molecule has 0 aliphatic rings. The number of fused-ring (bicyclic) bond motifs is 1. The third kappa shape index (κ3) is 3.74. The van der Waals surface area contributed by atoms with Crippen LogP contribution >= 0.6 is 11.6 Å². The van der Waals surface area contributed by atoms with Crippen molar-refractivity contribution in [3.05, 3.63) is 23.7 Å². The quantitative estimate of drug-likeness (QED) is 0.791. The van der Waals surface area contributed by atoms with Crippen LogP contribution in [0.25, 0.3) is 11.2 Å². The number of rotatable bonds is 5. The summed E-state index contributed by atoms with van der Waals surface area (Å²) in [7, 11) is 4.20. The molecule has 0 aliphatic carbocycles. The fourth-order valence-electron chi connectivity index (χ4n) is 2.91. The predicted octanol–water partition coefficient (Wildman–Crippen LogP) is 3.63. The molecule has 2 heterocycles. The molecule has 5 heteroatoms. The molecule has 0 bridgehead atoms. The average Bonchev–Trinajstić information content (AvgIpc) is 2.65. The Morgan fingerprint density at radius 3 is 2.52 bits per heavy atom. The first-order valence-corrected chi connectivity index (χ1v) is 7.76. The molecule has 1 atom stereocenters. The maximum atomic E-state index is 6.33. The van der Waals surface area contributed by atoms with Crippen molar-refractivity contribution in [2.45, 2.75) is 39.6 Å². The predicted molar refractivity (Wildman–Crippen MR) is 88.9 cm³/mol. The Balaban J connectivity index is 2.49. The molecule has 0 fully saturated rings. The molecule has 0 saturated heterocycles. The summed E-state index contributed by atoms with van der Waals surface area (Å²) < 4.78 is 2.18. The average molecular weight is 309 g/mol. The van der Waals surface area contributed by atoms with Gasteiger partial charge in [-0.3, -0.25) is 0 Å². The van der Waals surface area contributed by atoms with Crippen molar-refractivity contribution in [2.24, 2.45) is 5.41 Å². The van der Waals surface area contributed by atoms with Crippen molar-refractivity contribution in [2.75, 3.05) is 20.6 Å². The lowest BCUT2D eigenvalue weighted by molar-refractivity contribution is 0.211. The van der Waals surface area contributed by atoms with Crippen LogP contribution in [0.5, 0.6) is 0 Å². The summed E-state index contributed by atoms with van der Waals surface area (Å²) >= 11 is 6.33. The van der Waals surface area contributed by atoms with Crippen LogP contribution in [-0.4, -0.2) is 40.1 Å². The van der Waals surface area contributed by atoms with E-state index in [-0.39, 0.29) is 10.8 Å². The first-order valence-electron chi connectivity index (χ1n) is 7.32. The van der Waals surface area contributed by atoms with Crippen LogP contribution < -0.4 is 0 Å². The standard InChI is InChI=1S/C16H25ClN4/c1-11-7-8-13-15(18-11)21(14(19-13)12(2)17)10-16(3,4)9-20(5)6/h7-8,12H,9-10H2,1-6H3. The largest absolute Gasteiger partial charge is 0.311 e. The van der Waals surface area contributed by atoms with E-state index >= 15 is 0 Å². The molecule has 116 valence electrons. The summed E-state index contributed by atoms with van der Waals surface area (Å²) in [5.74, 6) is 0.900. The number of alkyl halides is 1. The maximum absolute atomic E-state index is 6.33. The zero-order valence-electron chi connectivity index (χ0n) is 13.8. The summed E-state index contributed by atoms with van der Waals surface area (Å²) in [5.41, 5.74) is 2.97. The summed E-state index contributed by atoms with van der Waals surface area (Å²) in [5, 5.41) is -0.130. The number of halogens is 1. The third-order valence-corrected chi connectivity index (χ3v) is 3.64. The molecule has 2 aromatic heterocycles. The Hall–Kier alpha value is -1.13. The number of aromatic nitrogens is 3. The van der Waals surface area contributed by atoms with Crippen LogP contribution in [0.2, 0.25) is 0 Å². The molecule has 2 aromatic rings. The van der Waals surface area contributed by atoms with Crippen molar-refractivity contribution in [3.63, 3.8) is 0 Å². The van der Waals surface area contributed by atoms with E-state index in [0.717, 1.165) is 35.8 Å². The van der Waals surface area contributed by atoms with Gasteiger partial charge in [0.2, 0.25) is 0 Å². The fraction of sp³-hybridized carbons (Fsp3) is 0.625. The minimum absolute atomic E-state index is 0.114. The molecule has 2 rings (SSSR count). The second-order valence-corrected chi connectivity index (χ2v) is 7.52. The number of hydrogen-bond acceptors (Lipinski definition) is 3. The molecule has 0 aliphatic heterocycles. The van der Waals surface area contributed by atoms with Crippen LogP contribution in [0.15, 0.2) is 12.1 Å². The SMILES string of the molecule is Cc1ccc2nc(C(C)Cl)n(CC(C)(C)CN(C)C)c2n1. The molecule has 0 amide bonds. The Morgan fingerprint density at radius 2 is 1.95 bits per heavy atom. The van der Waals surface area contributed by atoms with Gasteiger partial charge in [-0.25, -0.2) is 9.97 Å². The number of aryl methyl sites for hydroxylation is 1. The Labute approximate surface area is 132 Å². The number of hydrogen-bond donors (Lipinski definition) is 0. The van der Waals surface area contributed by atoms with Crippen molar-refractivity contribution in [1.29, 1.82) is 0 Å². The van der Waals surface area contributed by atoms with E-state index in [0.29, 0.717) is 0 Å². The summed E-state index contributed by atoms with van der Waals surface area (Å²) in [4.78, 5) is 11.6. The van der Waals surface area contributed by atoms with Crippen LogP contribution in [0.1, 0.15) is 37.7 Å². The van der Waals surface area contributed by atoms with E-state index in [1.54, 1.807) is 0 Å². The normalized spacial score (nSPS) is 14.1. The first kappa shape index (κ1) is 16.2. The minimum atomic E-state index is -0.130. The Kier molecular flexibility index (Phi) is 4.59. The van der Waals surface area contributed by atoms with E-state index in [2.05, 4.69) is 47.4 Å². The molecule has 0 spiro atoms. The summed E-state index contributed by atoms with van der Waals surface area (Å²) in [6.45, 7) is 10.3. The molecule has 0 saturated carbocycles. The lowest BCUT2D eigenvalue weighted by Crippen LogP contribution is -2.33. The molecular formula is C16H25ClN4. The van der Waals surface area contributed by atoms with E-state index in [9.17, 15) is 0 Å². The Morgan fingerprint density at radius 1 is 1.29 bits per heavy atom. The lowest BCUT2D eigenvalue weighted by Gasteiger charge is -2.29. The zero-order valence-corrected chi connectivity index (χ0v) is 14.6. The van der Waals surface area contributed by atoms with Gasteiger partial charge in [0.1, 0.15) is 11.3 Å². The van der Waals surface area contributed by atoms with Crippen LogP contribution in [-0.2, 0) is 6.54 Å². The van der Waals surface area contributed by atoms with Gasteiger partial charge < -0.3 is 9.47 Å². The van der Waals surface area contributed by atoms with Gasteiger partial charge in [-0.05, 0) is 45.5 Å². The van der Waals surface area contributed by atoms with Gasteiger partial charge in [0, 0.05) is 18.8 Å². The highest BCUT2D eigenvalue weighted by atomic mass is 35.5. The fourth-order valence-corrected chi connectivity index (χ4v) is 3.07. The minimum Gasteiger partial charge on any atom is -0.311 e. The van der Waals surface area contributed by atoms with Gasteiger partial charge in [-0.2, -0.15) is 0 Å². The lowest BCUT2D eigenvalue weighted by atomic mass is 9.92. The van der Waals surface area contributed by atoms with Crippen LogP contribution in [0, 0.1) is 12.3 Å². The van der Waals surface area contributed by atoms with Gasteiger partial charge in [-0.1, -0.05) is 13.8 Å².